The first-order valence-corrected chi connectivity index (χ1v) is 5.87. The van der Waals surface area contributed by atoms with E-state index in [-0.39, 0.29) is 18.6 Å². The summed E-state index contributed by atoms with van der Waals surface area (Å²) in [6.45, 7) is 3.55. The molecule has 1 unspecified atom stereocenters. The average Bonchev–Trinajstić information content (AvgIpc) is 2.22. The molecule has 0 rings (SSSR count). The molecule has 0 aliphatic carbocycles. The highest BCUT2D eigenvalue weighted by Crippen LogP contribution is 1.97. The molecule has 96 valence electrons. The van der Waals surface area contributed by atoms with E-state index in [0.29, 0.717) is 26.2 Å². The molecular formula is C11H24N2O3. The van der Waals surface area contributed by atoms with Gasteiger partial charge in [0.2, 0.25) is 5.91 Å². The quantitative estimate of drug-likeness (QED) is 0.464. The van der Waals surface area contributed by atoms with Gasteiger partial charge in [0.15, 0.2) is 0 Å². The average molecular weight is 232 g/mol. The second-order valence-corrected chi connectivity index (χ2v) is 3.91. The van der Waals surface area contributed by atoms with Gasteiger partial charge in [-0.3, -0.25) is 4.79 Å². The van der Waals surface area contributed by atoms with Crippen LogP contribution in [0.1, 0.15) is 32.6 Å². The maximum absolute atomic E-state index is 11.3. The first-order chi connectivity index (χ1) is 7.66. The normalized spacial score (nSPS) is 12.4. The summed E-state index contributed by atoms with van der Waals surface area (Å²) in [4.78, 5) is 11.3. The van der Waals surface area contributed by atoms with Crippen molar-refractivity contribution in [3.05, 3.63) is 0 Å². The minimum absolute atomic E-state index is 0.0453. The highest BCUT2D eigenvalue weighted by atomic mass is 16.5. The lowest BCUT2D eigenvalue weighted by Gasteiger charge is -2.06. The number of hydrogen-bond acceptors (Lipinski definition) is 4. The van der Waals surface area contributed by atoms with Crippen molar-refractivity contribution < 1.29 is 14.6 Å². The zero-order valence-corrected chi connectivity index (χ0v) is 10.1. The molecule has 0 aliphatic heterocycles. The minimum atomic E-state index is 0.0453. The molecule has 5 heteroatoms. The van der Waals surface area contributed by atoms with Gasteiger partial charge in [0.25, 0.3) is 0 Å². The first kappa shape index (κ1) is 15.3. The first-order valence-electron chi connectivity index (χ1n) is 5.87. The fourth-order valence-corrected chi connectivity index (χ4v) is 1.24. The topological polar surface area (TPSA) is 84.6 Å². The van der Waals surface area contributed by atoms with Gasteiger partial charge in [0, 0.05) is 25.6 Å². The number of amides is 1. The molecular weight excluding hydrogens is 208 g/mol. The molecule has 0 aromatic rings. The van der Waals surface area contributed by atoms with Crippen LogP contribution in [0.5, 0.6) is 0 Å². The highest BCUT2D eigenvalue weighted by Gasteiger charge is 2.01. The van der Waals surface area contributed by atoms with Crippen LogP contribution < -0.4 is 11.1 Å². The van der Waals surface area contributed by atoms with Gasteiger partial charge in [-0.25, -0.2) is 0 Å². The minimum Gasteiger partial charge on any atom is -0.394 e. The van der Waals surface area contributed by atoms with Gasteiger partial charge >= 0.3 is 0 Å². The largest absolute Gasteiger partial charge is 0.394 e. The second kappa shape index (κ2) is 10.9. The van der Waals surface area contributed by atoms with Crippen LogP contribution in [-0.2, 0) is 9.53 Å². The van der Waals surface area contributed by atoms with Crippen molar-refractivity contribution in [3.8, 4) is 0 Å². The maximum atomic E-state index is 11.3. The Hall–Kier alpha value is -0.650. The van der Waals surface area contributed by atoms with Crippen LogP contribution in [-0.4, -0.2) is 43.4 Å². The summed E-state index contributed by atoms with van der Waals surface area (Å²) in [5.74, 6) is 0.0720. The van der Waals surface area contributed by atoms with Gasteiger partial charge in [-0.1, -0.05) is 0 Å². The third-order valence-electron chi connectivity index (χ3n) is 2.09. The third-order valence-corrected chi connectivity index (χ3v) is 2.09. The molecule has 16 heavy (non-hydrogen) atoms. The molecule has 0 aliphatic rings. The number of aliphatic hydroxyl groups excluding tert-OH is 1. The zero-order chi connectivity index (χ0) is 12.2. The standard InChI is InChI=1S/C11H24N2O3/c1-10(12)4-2-5-11(15)13-6-3-8-16-9-7-14/h10,14H,2-9,12H2,1H3,(H,13,15). The van der Waals surface area contributed by atoms with Crippen molar-refractivity contribution in [1.82, 2.24) is 5.32 Å². The molecule has 4 N–H and O–H groups in total. The molecule has 0 fully saturated rings. The van der Waals surface area contributed by atoms with Gasteiger partial charge in [0.05, 0.1) is 13.2 Å². The molecule has 0 aromatic heterocycles. The van der Waals surface area contributed by atoms with E-state index >= 15 is 0 Å². The molecule has 0 radical (unpaired) electrons. The molecule has 0 saturated carbocycles. The Bertz CT molecular complexity index is 175. The number of carbonyl (C=O) groups is 1. The summed E-state index contributed by atoms with van der Waals surface area (Å²) in [7, 11) is 0. The lowest BCUT2D eigenvalue weighted by molar-refractivity contribution is -0.121. The molecule has 0 spiro atoms. The number of hydrogen-bond donors (Lipinski definition) is 3. The molecule has 0 saturated heterocycles. The summed E-state index contributed by atoms with van der Waals surface area (Å²) >= 11 is 0. The Balaban J connectivity index is 3.17. The summed E-state index contributed by atoms with van der Waals surface area (Å²) in [6, 6.07) is 0.166. The molecule has 0 bridgehead atoms. The number of rotatable bonds is 10. The monoisotopic (exact) mass is 232 g/mol. The van der Waals surface area contributed by atoms with Crippen LogP contribution in [0.3, 0.4) is 0 Å². The van der Waals surface area contributed by atoms with E-state index in [1.165, 1.54) is 0 Å². The van der Waals surface area contributed by atoms with E-state index in [0.717, 1.165) is 19.3 Å². The van der Waals surface area contributed by atoms with Crippen molar-refractivity contribution in [3.63, 3.8) is 0 Å². The Kier molecular flexibility index (Phi) is 10.4. The van der Waals surface area contributed by atoms with Crippen molar-refractivity contribution in [2.75, 3.05) is 26.4 Å². The van der Waals surface area contributed by atoms with Crippen LogP contribution in [0.4, 0.5) is 0 Å². The number of ether oxygens (including phenoxy) is 1. The Labute approximate surface area is 97.3 Å². The Morgan fingerprint density at radius 3 is 2.81 bits per heavy atom. The van der Waals surface area contributed by atoms with Crippen LogP contribution in [0.25, 0.3) is 0 Å². The molecule has 0 heterocycles. The van der Waals surface area contributed by atoms with E-state index < -0.39 is 0 Å². The molecule has 0 aromatic carbocycles. The van der Waals surface area contributed by atoms with E-state index in [1.54, 1.807) is 0 Å². The highest BCUT2D eigenvalue weighted by molar-refractivity contribution is 5.75. The lowest BCUT2D eigenvalue weighted by Crippen LogP contribution is -2.25. The summed E-state index contributed by atoms with van der Waals surface area (Å²) in [5.41, 5.74) is 5.58. The number of nitrogens with one attached hydrogen (secondary N) is 1. The van der Waals surface area contributed by atoms with E-state index in [2.05, 4.69) is 5.32 Å². The Morgan fingerprint density at radius 2 is 2.19 bits per heavy atom. The SMILES string of the molecule is CC(N)CCCC(=O)NCCCOCCO. The number of aliphatic hydroxyl groups is 1. The van der Waals surface area contributed by atoms with Crippen molar-refractivity contribution in [2.24, 2.45) is 5.73 Å². The van der Waals surface area contributed by atoms with Crippen molar-refractivity contribution in [1.29, 1.82) is 0 Å². The molecule has 5 nitrogen and oxygen atoms in total. The number of nitrogens with two attached hydrogens (primary N) is 1. The predicted molar refractivity (Wildman–Crippen MR) is 63.0 cm³/mol. The van der Waals surface area contributed by atoms with Gasteiger partial charge < -0.3 is 20.9 Å². The van der Waals surface area contributed by atoms with Crippen LogP contribution in [0.15, 0.2) is 0 Å². The van der Waals surface area contributed by atoms with Gasteiger partial charge in [-0.05, 0) is 26.2 Å². The van der Waals surface area contributed by atoms with Crippen LogP contribution in [0, 0.1) is 0 Å². The lowest BCUT2D eigenvalue weighted by atomic mass is 10.1. The van der Waals surface area contributed by atoms with Crippen LogP contribution >= 0.6 is 0 Å². The maximum Gasteiger partial charge on any atom is 0.219 e. The Morgan fingerprint density at radius 1 is 1.44 bits per heavy atom. The van der Waals surface area contributed by atoms with Gasteiger partial charge in [-0.15, -0.1) is 0 Å². The third kappa shape index (κ3) is 11.4. The fourth-order valence-electron chi connectivity index (χ4n) is 1.24. The summed E-state index contributed by atoms with van der Waals surface area (Å²) in [6.07, 6.45) is 3.04. The number of carbonyl (C=O) groups excluding carboxylic acids is 1. The van der Waals surface area contributed by atoms with E-state index in [1.807, 2.05) is 6.92 Å². The molecule has 1 amide bonds. The van der Waals surface area contributed by atoms with Crippen molar-refractivity contribution in [2.45, 2.75) is 38.6 Å². The van der Waals surface area contributed by atoms with Gasteiger partial charge in [-0.2, -0.15) is 0 Å². The van der Waals surface area contributed by atoms with Gasteiger partial charge in [0.1, 0.15) is 0 Å². The predicted octanol–water partition coefficient (Wildman–Crippen LogP) is 0.0191. The zero-order valence-electron chi connectivity index (χ0n) is 10.1. The van der Waals surface area contributed by atoms with E-state index in [4.69, 9.17) is 15.6 Å². The second-order valence-electron chi connectivity index (χ2n) is 3.91. The fraction of sp³-hybridized carbons (Fsp3) is 0.909. The summed E-state index contributed by atoms with van der Waals surface area (Å²) in [5, 5.41) is 11.3. The molecule has 1 atom stereocenters. The van der Waals surface area contributed by atoms with E-state index in [9.17, 15) is 4.79 Å². The summed E-state index contributed by atoms with van der Waals surface area (Å²) < 4.78 is 5.06. The van der Waals surface area contributed by atoms with Crippen molar-refractivity contribution >= 4 is 5.91 Å². The smallest absolute Gasteiger partial charge is 0.219 e. The van der Waals surface area contributed by atoms with Crippen LogP contribution in [0.2, 0.25) is 0 Å².